The van der Waals surface area contributed by atoms with E-state index in [4.69, 9.17) is 18.3 Å². The number of esters is 1. The summed E-state index contributed by atoms with van der Waals surface area (Å²) in [5, 5.41) is -0.706. The molecule has 6 heteroatoms. The minimum atomic E-state index is -2.67. The number of hydrogen-bond acceptors (Lipinski definition) is 5. The Morgan fingerprint density at radius 1 is 1.43 bits per heavy atom. The van der Waals surface area contributed by atoms with Crippen LogP contribution in [0.5, 0.6) is 0 Å². The van der Waals surface area contributed by atoms with E-state index in [-0.39, 0.29) is 12.0 Å². The smallest absolute Gasteiger partial charge is 0.374 e. The highest BCUT2D eigenvalue weighted by atomic mass is 28.4. The van der Waals surface area contributed by atoms with E-state index in [1.165, 1.54) is 6.08 Å². The van der Waals surface area contributed by atoms with Gasteiger partial charge in [-0.05, 0) is 24.8 Å². The summed E-state index contributed by atoms with van der Waals surface area (Å²) < 4.78 is 23.4. The molecule has 3 unspecified atom stereocenters. The van der Waals surface area contributed by atoms with Gasteiger partial charge in [0.2, 0.25) is 0 Å². The van der Waals surface area contributed by atoms with Gasteiger partial charge in [-0.3, -0.25) is 0 Å². The van der Waals surface area contributed by atoms with E-state index in [9.17, 15) is 4.79 Å². The number of carbonyl (C=O) groups is 1. The van der Waals surface area contributed by atoms with Crippen LogP contribution in [0.4, 0.5) is 0 Å². The van der Waals surface area contributed by atoms with E-state index < -0.39 is 19.8 Å². The third-order valence-electron chi connectivity index (χ3n) is 4.81. The summed E-state index contributed by atoms with van der Waals surface area (Å²) in [6.07, 6.45) is 3.35. The van der Waals surface area contributed by atoms with Crippen molar-refractivity contribution < 1.29 is 23.1 Å². The monoisotopic (exact) mass is 316 g/mol. The van der Waals surface area contributed by atoms with E-state index >= 15 is 0 Å². The normalized spacial score (nSPS) is 29.7. The first-order valence-electron chi connectivity index (χ1n) is 7.46. The van der Waals surface area contributed by atoms with Crippen LogP contribution in [-0.4, -0.2) is 47.2 Å². The van der Waals surface area contributed by atoms with E-state index in [1.54, 1.807) is 21.3 Å². The van der Waals surface area contributed by atoms with Crippen LogP contribution in [0.3, 0.4) is 0 Å². The molecule has 0 amide bonds. The minimum absolute atomic E-state index is 0.150. The van der Waals surface area contributed by atoms with E-state index in [0.29, 0.717) is 0 Å². The lowest BCUT2D eigenvalue weighted by molar-refractivity contribution is -0.168. The van der Waals surface area contributed by atoms with Gasteiger partial charge in [0, 0.05) is 27.4 Å². The van der Waals surface area contributed by atoms with Crippen LogP contribution in [0.25, 0.3) is 0 Å². The SMILES string of the molecule is C=CC(=O)OC1CCC[Si](OC)(OC)C1(OC)C(C)CC. The molecular weight excluding hydrogens is 288 g/mol. The molecule has 21 heavy (non-hydrogen) atoms. The first-order chi connectivity index (χ1) is 9.97. The van der Waals surface area contributed by atoms with Gasteiger partial charge in [-0.2, -0.15) is 0 Å². The van der Waals surface area contributed by atoms with Gasteiger partial charge < -0.3 is 18.3 Å². The van der Waals surface area contributed by atoms with Crippen molar-refractivity contribution in [2.75, 3.05) is 21.3 Å². The van der Waals surface area contributed by atoms with E-state index in [2.05, 4.69) is 20.4 Å². The van der Waals surface area contributed by atoms with E-state index in [1.807, 2.05) is 0 Å². The molecule has 1 heterocycles. The number of ether oxygens (including phenoxy) is 2. The Morgan fingerprint density at radius 3 is 2.48 bits per heavy atom. The van der Waals surface area contributed by atoms with Gasteiger partial charge in [0.25, 0.3) is 0 Å². The second-order valence-electron chi connectivity index (χ2n) is 5.49. The molecule has 1 saturated heterocycles. The molecule has 1 fully saturated rings. The minimum Gasteiger partial charge on any atom is -0.456 e. The molecule has 0 N–H and O–H groups in total. The quantitative estimate of drug-likeness (QED) is 0.410. The van der Waals surface area contributed by atoms with Crippen LogP contribution >= 0.6 is 0 Å². The van der Waals surface area contributed by atoms with Gasteiger partial charge in [0.1, 0.15) is 6.10 Å². The van der Waals surface area contributed by atoms with Gasteiger partial charge in [-0.25, -0.2) is 4.79 Å². The zero-order valence-corrected chi connectivity index (χ0v) is 14.8. The Bertz CT molecular complexity index is 369. The Labute approximate surface area is 128 Å². The lowest BCUT2D eigenvalue weighted by Gasteiger charge is -2.54. The van der Waals surface area contributed by atoms with Crippen molar-refractivity contribution in [3.05, 3.63) is 12.7 Å². The van der Waals surface area contributed by atoms with E-state index in [0.717, 1.165) is 25.3 Å². The molecule has 0 bridgehead atoms. The Hall–Kier alpha value is -0.693. The summed E-state index contributed by atoms with van der Waals surface area (Å²) in [5.41, 5.74) is 0. The average molecular weight is 316 g/mol. The van der Waals surface area contributed by atoms with Crippen molar-refractivity contribution in [2.45, 2.75) is 50.5 Å². The van der Waals surface area contributed by atoms with Crippen molar-refractivity contribution >= 4 is 14.5 Å². The molecule has 5 nitrogen and oxygen atoms in total. The fraction of sp³-hybridized carbons (Fsp3) is 0.800. The van der Waals surface area contributed by atoms with Gasteiger partial charge in [0.15, 0.2) is 5.22 Å². The van der Waals surface area contributed by atoms with Crippen LogP contribution in [0.2, 0.25) is 6.04 Å². The van der Waals surface area contributed by atoms with Crippen LogP contribution in [0.15, 0.2) is 12.7 Å². The second-order valence-corrected chi connectivity index (χ2v) is 9.09. The maximum atomic E-state index is 11.7. The highest BCUT2D eigenvalue weighted by Gasteiger charge is 2.67. The lowest BCUT2D eigenvalue weighted by Crippen LogP contribution is -2.73. The zero-order valence-electron chi connectivity index (χ0n) is 13.8. The maximum Gasteiger partial charge on any atom is 0.374 e. The molecule has 1 aliphatic rings. The Morgan fingerprint density at radius 2 is 2.05 bits per heavy atom. The fourth-order valence-corrected chi connectivity index (χ4v) is 7.83. The molecular formula is C15H28O5Si. The molecule has 1 aliphatic heterocycles. The number of methoxy groups -OCH3 is 1. The number of carbonyl (C=O) groups excluding carboxylic acids is 1. The molecule has 0 aromatic rings. The molecule has 0 spiro atoms. The molecule has 0 aromatic heterocycles. The largest absolute Gasteiger partial charge is 0.456 e. The summed E-state index contributed by atoms with van der Waals surface area (Å²) >= 11 is 0. The Balaban J connectivity index is 3.33. The van der Waals surface area contributed by atoms with Gasteiger partial charge in [-0.1, -0.05) is 26.8 Å². The van der Waals surface area contributed by atoms with Crippen molar-refractivity contribution in [1.29, 1.82) is 0 Å². The predicted molar refractivity (Wildman–Crippen MR) is 83.1 cm³/mol. The topological polar surface area (TPSA) is 54.0 Å². The highest BCUT2D eigenvalue weighted by Crippen LogP contribution is 2.47. The second kappa shape index (κ2) is 7.53. The van der Waals surface area contributed by atoms with Crippen LogP contribution in [-0.2, 0) is 23.1 Å². The molecule has 122 valence electrons. The first kappa shape index (κ1) is 18.4. The van der Waals surface area contributed by atoms with Crippen molar-refractivity contribution in [3.63, 3.8) is 0 Å². The first-order valence-corrected chi connectivity index (χ1v) is 9.48. The standard InChI is InChI=1S/C15H28O5Si/c1-7-12(3)15(17-4)13(20-14(16)8-2)10-9-11-21(15,18-5)19-6/h8,12-13H,2,7,9-11H2,1,3-6H3. The summed E-state index contributed by atoms with van der Waals surface area (Å²) in [6, 6.07) is 0.834. The molecule has 0 aliphatic carbocycles. The lowest BCUT2D eigenvalue weighted by atomic mass is 9.92. The van der Waals surface area contributed by atoms with Gasteiger partial charge >= 0.3 is 14.5 Å². The third kappa shape index (κ3) is 2.95. The van der Waals surface area contributed by atoms with Crippen LogP contribution in [0, 0.1) is 5.92 Å². The van der Waals surface area contributed by atoms with Crippen molar-refractivity contribution in [2.24, 2.45) is 5.92 Å². The van der Waals surface area contributed by atoms with Crippen LogP contribution < -0.4 is 0 Å². The predicted octanol–water partition coefficient (Wildman–Crippen LogP) is 2.58. The molecule has 0 radical (unpaired) electrons. The van der Waals surface area contributed by atoms with Crippen molar-refractivity contribution in [3.8, 4) is 0 Å². The van der Waals surface area contributed by atoms with Crippen molar-refractivity contribution in [1.82, 2.24) is 0 Å². The van der Waals surface area contributed by atoms with Gasteiger partial charge in [0.05, 0.1) is 0 Å². The summed E-state index contributed by atoms with van der Waals surface area (Å²) in [5.74, 6) is -0.279. The summed E-state index contributed by atoms with van der Waals surface area (Å²) in [6.45, 7) is 7.67. The fourth-order valence-electron chi connectivity index (χ4n) is 3.60. The third-order valence-corrected chi connectivity index (χ3v) is 9.35. The number of rotatable bonds is 7. The molecule has 3 atom stereocenters. The molecule has 0 saturated carbocycles. The summed E-state index contributed by atoms with van der Waals surface area (Å²) in [4.78, 5) is 11.7. The average Bonchev–Trinajstić information content (AvgIpc) is 2.53. The van der Waals surface area contributed by atoms with Crippen LogP contribution in [0.1, 0.15) is 33.1 Å². The number of hydrogen-bond donors (Lipinski definition) is 0. The molecule has 0 aromatic carbocycles. The maximum absolute atomic E-state index is 11.7. The van der Waals surface area contributed by atoms with Gasteiger partial charge in [-0.15, -0.1) is 0 Å². The Kier molecular flexibility index (Phi) is 6.59. The zero-order chi connectivity index (χ0) is 16.1. The molecule has 1 rings (SSSR count). The summed E-state index contributed by atoms with van der Waals surface area (Å²) in [7, 11) is 2.33. The highest BCUT2D eigenvalue weighted by molar-refractivity contribution is 6.71.